The molecule has 1 aromatic carbocycles. The van der Waals surface area contributed by atoms with Crippen LogP contribution in [0.5, 0.6) is 0 Å². The van der Waals surface area contributed by atoms with Gasteiger partial charge in [0.1, 0.15) is 0 Å². The topological polar surface area (TPSA) is 43.4 Å². The Hall–Kier alpha value is -0.693. The summed E-state index contributed by atoms with van der Waals surface area (Å²) < 4.78 is 5.72. The van der Waals surface area contributed by atoms with E-state index in [0.29, 0.717) is 0 Å². The number of carbonyl (C=O) groups excluding carboxylic acids is 2. The van der Waals surface area contributed by atoms with E-state index >= 15 is 0 Å². The van der Waals surface area contributed by atoms with Crippen molar-refractivity contribution in [3.8, 4) is 0 Å². The van der Waals surface area contributed by atoms with E-state index < -0.39 is 0 Å². The van der Waals surface area contributed by atoms with Crippen LogP contribution < -0.4 is 18.9 Å². The summed E-state index contributed by atoms with van der Waals surface area (Å²) >= 11 is 3.32. The number of hydrogen-bond donors (Lipinski definition) is 0. The zero-order valence-corrected chi connectivity index (χ0v) is 14.2. The zero-order valence-electron chi connectivity index (χ0n) is 12.6. The fraction of sp³-hybridized carbons (Fsp3) is 0.438. The third-order valence-electron chi connectivity index (χ3n) is 3.34. The number of halogens is 1. The molecular weight excluding hydrogens is 327 g/mol. The maximum absolute atomic E-state index is 11.0. The van der Waals surface area contributed by atoms with Gasteiger partial charge in [0.05, 0.1) is 13.0 Å². The third kappa shape index (κ3) is 7.76. The standard InChI is InChI=1S/C9H13O3.C7H6Br.Li/c1-12-9(11)8-4-2-7(6-10)3-5-8;1-6-2-4-7(8)5-3-6;/h7-8H,2-5H2,1H3;2-5H,1H2;/q2*-1;+1. The van der Waals surface area contributed by atoms with Crippen LogP contribution in [0.1, 0.15) is 31.2 Å². The van der Waals surface area contributed by atoms with Crippen LogP contribution in [0.3, 0.4) is 0 Å². The van der Waals surface area contributed by atoms with E-state index in [1.807, 2.05) is 30.6 Å². The first-order valence-corrected chi connectivity index (χ1v) is 7.39. The van der Waals surface area contributed by atoms with Gasteiger partial charge in [-0.25, -0.2) is 0 Å². The molecule has 110 valence electrons. The van der Waals surface area contributed by atoms with E-state index in [-0.39, 0.29) is 36.7 Å². The quantitative estimate of drug-likeness (QED) is 0.450. The van der Waals surface area contributed by atoms with Crippen LogP contribution in [-0.4, -0.2) is 19.4 Å². The monoisotopic (exact) mass is 345 g/mol. The molecule has 0 atom stereocenters. The Balaban J connectivity index is 0.000000390. The molecule has 0 radical (unpaired) electrons. The van der Waals surface area contributed by atoms with E-state index in [0.717, 1.165) is 35.7 Å². The first-order chi connectivity index (χ1) is 9.56. The number of ether oxygens (including phenoxy) is 1. The second-order valence-electron chi connectivity index (χ2n) is 4.82. The van der Waals surface area contributed by atoms with E-state index in [1.165, 1.54) is 7.11 Å². The van der Waals surface area contributed by atoms with Crippen molar-refractivity contribution >= 4 is 28.2 Å². The minimum Gasteiger partial charge on any atom is -0.542 e. The first kappa shape index (κ1) is 20.3. The molecule has 0 aromatic heterocycles. The molecular formula is C16H19BrLiO3-. The molecule has 5 heteroatoms. The Kier molecular flexibility index (Phi) is 10.6. The molecule has 0 saturated heterocycles. The Bertz CT molecular complexity index is 405. The molecule has 2 rings (SSSR count). The smallest absolute Gasteiger partial charge is 0.542 e. The van der Waals surface area contributed by atoms with Crippen molar-refractivity contribution in [2.24, 2.45) is 11.8 Å². The predicted octanol–water partition coefficient (Wildman–Crippen LogP) is 0.711. The third-order valence-corrected chi connectivity index (χ3v) is 3.87. The molecule has 21 heavy (non-hydrogen) atoms. The minimum absolute atomic E-state index is 0. The SMILES string of the molecule is COC(=O)C1CCC([C-]=O)CC1.[CH2-]c1ccc(Br)cc1.[Li+]. The van der Waals surface area contributed by atoms with Gasteiger partial charge in [0.2, 0.25) is 0 Å². The molecule has 1 aliphatic carbocycles. The molecule has 0 N–H and O–H groups in total. The van der Waals surface area contributed by atoms with Crippen LogP contribution in [0.2, 0.25) is 0 Å². The van der Waals surface area contributed by atoms with Gasteiger partial charge in [-0.1, -0.05) is 28.8 Å². The number of benzene rings is 1. The summed E-state index contributed by atoms with van der Waals surface area (Å²) in [6.45, 7) is 3.74. The van der Waals surface area contributed by atoms with E-state index in [4.69, 9.17) is 0 Å². The Morgan fingerprint density at radius 3 is 2.14 bits per heavy atom. The van der Waals surface area contributed by atoms with Crippen molar-refractivity contribution in [1.82, 2.24) is 0 Å². The summed E-state index contributed by atoms with van der Waals surface area (Å²) in [5.41, 5.74) is 1.05. The zero-order chi connectivity index (χ0) is 15.0. The van der Waals surface area contributed by atoms with Gasteiger partial charge in [-0.15, -0.1) is 18.1 Å². The summed E-state index contributed by atoms with van der Waals surface area (Å²) in [6, 6.07) is 7.87. The van der Waals surface area contributed by atoms with Gasteiger partial charge in [-0.2, -0.15) is 24.6 Å². The molecule has 0 heterocycles. The van der Waals surface area contributed by atoms with Crippen LogP contribution in [0.15, 0.2) is 28.7 Å². The van der Waals surface area contributed by atoms with E-state index in [9.17, 15) is 9.59 Å². The summed E-state index contributed by atoms with van der Waals surface area (Å²) in [5.74, 6) is -0.0788. The number of methoxy groups -OCH3 is 1. The molecule has 0 spiro atoms. The van der Waals surface area contributed by atoms with Crippen LogP contribution in [0, 0.1) is 18.8 Å². The van der Waals surface area contributed by atoms with Crippen LogP contribution in [0.4, 0.5) is 0 Å². The summed E-state index contributed by atoms with van der Waals surface area (Å²) in [4.78, 5) is 21.3. The van der Waals surface area contributed by atoms with Crippen molar-refractivity contribution in [3.05, 3.63) is 41.2 Å². The molecule has 1 saturated carbocycles. The summed E-state index contributed by atoms with van der Waals surface area (Å²) in [7, 11) is 1.40. The van der Waals surface area contributed by atoms with Gasteiger partial charge in [-0.05, 0) is 17.3 Å². The molecule has 0 bridgehead atoms. The fourth-order valence-corrected chi connectivity index (χ4v) is 2.36. The van der Waals surface area contributed by atoms with Crippen molar-refractivity contribution in [2.75, 3.05) is 7.11 Å². The average Bonchev–Trinajstić information content (AvgIpc) is 2.50. The van der Waals surface area contributed by atoms with Gasteiger partial charge < -0.3 is 9.53 Å². The summed E-state index contributed by atoms with van der Waals surface area (Å²) in [6.07, 6.45) is 5.08. The maximum atomic E-state index is 11.0. The number of hydrogen-bond acceptors (Lipinski definition) is 3. The molecule has 0 amide bonds. The maximum Gasteiger partial charge on any atom is 1.00 e. The fourth-order valence-electron chi connectivity index (χ4n) is 2.10. The number of rotatable bonds is 2. The minimum atomic E-state index is -0.139. The van der Waals surface area contributed by atoms with Crippen molar-refractivity contribution in [1.29, 1.82) is 0 Å². The molecule has 3 nitrogen and oxygen atoms in total. The van der Waals surface area contributed by atoms with Gasteiger partial charge in [0.15, 0.2) is 0 Å². The largest absolute Gasteiger partial charge is 1.00 e. The van der Waals surface area contributed by atoms with Gasteiger partial charge in [-0.3, -0.25) is 11.1 Å². The van der Waals surface area contributed by atoms with Gasteiger partial charge in [0, 0.05) is 0 Å². The Labute approximate surface area is 147 Å². The average molecular weight is 346 g/mol. The first-order valence-electron chi connectivity index (χ1n) is 6.59. The van der Waals surface area contributed by atoms with E-state index in [1.54, 1.807) is 0 Å². The van der Waals surface area contributed by atoms with Gasteiger partial charge in [0.25, 0.3) is 0 Å². The molecule has 0 unspecified atom stereocenters. The van der Waals surface area contributed by atoms with Gasteiger partial charge >= 0.3 is 24.8 Å². The van der Waals surface area contributed by atoms with Crippen molar-refractivity contribution in [3.63, 3.8) is 0 Å². The number of esters is 1. The van der Waals surface area contributed by atoms with Crippen molar-refractivity contribution in [2.45, 2.75) is 25.7 Å². The van der Waals surface area contributed by atoms with Crippen molar-refractivity contribution < 1.29 is 33.2 Å². The van der Waals surface area contributed by atoms with Crippen LogP contribution in [-0.2, 0) is 14.3 Å². The molecule has 1 fully saturated rings. The Morgan fingerprint density at radius 2 is 1.76 bits per heavy atom. The number of carbonyl (C=O) groups is 1. The predicted molar refractivity (Wildman–Crippen MR) is 81.8 cm³/mol. The summed E-state index contributed by atoms with van der Waals surface area (Å²) in [5, 5.41) is 0. The molecule has 1 aromatic rings. The molecule has 0 aliphatic heterocycles. The van der Waals surface area contributed by atoms with Crippen LogP contribution >= 0.6 is 15.9 Å². The second kappa shape index (κ2) is 11.0. The molecule has 1 aliphatic rings. The second-order valence-corrected chi connectivity index (χ2v) is 5.73. The van der Waals surface area contributed by atoms with Crippen LogP contribution in [0.25, 0.3) is 0 Å². The normalized spacial score (nSPS) is 20.3. The van der Waals surface area contributed by atoms with E-state index in [2.05, 4.69) is 27.6 Å². The Morgan fingerprint density at radius 1 is 1.24 bits per heavy atom.